The number of carbonyl (C=O) groups excluding carboxylic acids is 1. The summed E-state index contributed by atoms with van der Waals surface area (Å²) in [5.41, 5.74) is 0.335. The van der Waals surface area contributed by atoms with E-state index >= 15 is 0 Å². The topological polar surface area (TPSA) is 75.3 Å². The fraction of sp³-hybridized carbons (Fsp3) is 0.500. The Morgan fingerprint density at radius 3 is 2.48 bits per heavy atom. The highest BCUT2D eigenvalue weighted by molar-refractivity contribution is 9.10. The molecule has 0 atom stereocenters. The standard InChI is InChI=1S/C14H21BrN2O3S/c1-10-5-6-11(15)9-12(10)21(19,20)16-8-7-13(18)17-14(2,3)4/h5-6,9,16H,7-8H2,1-4H3,(H,17,18). The van der Waals surface area contributed by atoms with Crippen LogP contribution in [0.2, 0.25) is 0 Å². The summed E-state index contributed by atoms with van der Waals surface area (Å²) in [6.07, 6.45) is 0.101. The molecule has 118 valence electrons. The molecule has 0 radical (unpaired) electrons. The summed E-state index contributed by atoms with van der Waals surface area (Å²) < 4.78 is 27.6. The lowest BCUT2D eigenvalue weighted by Gasteiger charge is -2.20. The van der Waals surface area contributed by atoms with Crippen LogP contribution in [0.1, 0.15) is 32.8 Å². The van der Waals surface area contributed by atoms with E-state index < -0.39 is 10.0 Å². The van der Waals surface area contributed by atoms with Crippen LogP contribution < -0.4 is 10.0 Å². The Kier molecular flexibility index (Phi) is 5.95. The van der Waals surface area contributed by atoms with Crippen LogP contribution in [0.25, 0.3) is 0 Å². The second-order valence-electron chi connectivity index (χ2n) is 5.86. The Labute approximate surface area is 134 Å². The molecule has 7 heteroatoms. The minimum atomic E-state index is -3.61. The molecule has 2 N–H and O–H groups in total. The van der Waals surface area contributed by atoms with Crippen LogP contribution >= 0.6 is 15.9 Å². The van der Waals surface area contributed by atoms with Gasteiger partial charge in [-0.2, -0.15) is 0 Å². The van der Waals surface area contributed by atoms with E-state index in [0.717, 1.165) is 0 Å². The van der Waals surface area contributed by atoms with E-state index in [2.05, 4.69) is 26.0 Å². The summed E-state index contributed by atoms with van der Waals surface area (Å²) in [4.78, 5) is 11.9. The average Bonchev–Trinajstić information content (AvgIpc) is 2.29. The molecule has 5 nitrogen and oxygen atoms in total. The predicted molar refractivity (Wildman–Crippen MR) is 86.6 cm³/mol. The normalized spacial score (nSPS) is 12.2. The van der Waals surface area contributed by atoms with Crippen molar-refractivity contribution in [2.75, 3.05) is 6.54 Å². The summed E-state index contributed by atoms with van der Waals surface area (Å²) >= 11 is 3.26. The number of aryl methyl sites for hydroxylation is 1. The molecule has 0 aromatic heterocycles. The summed E-state index contributed by atoms with van der Waals surface area (Å²) in [5, 5.41) is 2.78. The van der Waals surface area contributed by atoms with Crippen molar-refractivity contribution in [2.24, 2.45) is 0 Å². The zero-order valence-corrected chi connectivity index (χ0v) is 15.1. The fourth-order valence-corrected chi connectivity index (χ4v) is 3.53. The third-order valence-electron chi connectivity index (χ3n) is 2.60. The summed E-state index contributed by atoms with van der Waals surface area (Å²) in [6, 6.07) is 5.06. The van der Waals surface area contributed by atoms with Crippen LogP contribution in [-0.2, 0) is 14.8 Å². The van der Waals surface area contributed by atoms with Gasteiger partial charge in [0.25, 0.3) is 0 Å². The Morgan fingerprint density at radius 1 is 1.29 bits per heavy atom. The van der Waals surface area contributed by atoms with Gasteiger partial charge in [-0.3, -0.25) is 4.79 Å². The Morgan fingerprint density at radius 2 is 1.90 bits per heavy atom. The molecule has 0 heterocycles. The minimum absolute atomic E-state index is 0.0657. The molecule has 21 heavy (non-hydrogen) atoms. The first-order chi connectivity index (χ1) is 9.51. The molecule has 0 fully saturated rings. The van der Waals surface area contributed by atoms with Gasteiger partial charge < -0.3 is 5.32 Å². The van der Waals surface area contributed by atoms with E-state index in [0.29, 0.717) is 10.0 Å². The number of sulfonamides is 1. The highest BCUT2D eigenvalue weighted by atomic mass is 79.9. The highest BCUT2D eigenvalue weighted by Crippen LogP contribution is 2.20. The molecule has 0 saturated carbocycles. The minimum Gasteiger partial charge on any atom is -0.351 e. The van der Waals surface area contributed by atoms with Gasteiger partial charge in [0.05, 0.1) is 4.90 Å². The first kappa shape index (κ1) is 18.1. The summed E-state index contributed by atoms with van der Waals surface area (Å²) in [7, 11) is -3.61. The van der Waals surface area contributed by atoms with Gasteiger partial charge in [0, 0.05) is 23.0 Å². The lowest BCUT2D eigenvalue weighted by molar-refractivity contribution is -0.122. The lowest BCUT2D eigenvalue weighted by Crippen LogP contribution is -2.42. The van der Waals surface area contributed by atoms with E-state index in [-0.39, 0.29) is 29.3 Å². The van der Waals surface area contributed by atoms with E-state index in [1.54, 1.807) is 25.1 Å². The third kappa shape index (κ3) is 6.15. The van der Waals surface area contributed by atoms with Gasteiger partial charge in [-0.15, -0.1) is 0 Å². The second kappa shape index (κ2) is 6.89. The first-order valence-electron chi connectivity index (χ1n) is 6.58. The van der Waals surface area contributed by atoms with Gasteiger partial charge in [-0.1, -0.05) is 22.0 Å². The molecule has 0 aliphatic heterocycles. The third-order valence-corrected chi connectivity index (χ3v) is 4.69. The Hall–Kier alpha value is -0.920. The zero-order valence-electron chi connectivity index (χ0n) is 12.7. The molecule has 0 aliphatic rings. The van der Waals surface area contributed by atoms with Crippen LogP contribution in [0.4, 0.5) is 0 Å². The molecular weight excluding hydrogens is 356 g/mol. The SMILES string of the molecule is Cc1ccc(Br)cc1S(=O)(=O)NCCC(=O)NC(C)(C)C. The number of carbonyl (C=O) groups is 1. The largest absolute Gasteiger partial charge is 0.351 e. The zero-order chi connectivity index (χ0) is 16.3. The Balaban J connectivity index is 2.66. The number of nitrogens with one attached hydrogen (secondary N) is 2. The molecule has 1 aromatic carbocycles. The van der Waals surface area contributed by atoms with Crippen molar-refractivity contribution in [3.8, 4) is 0 Å². The highest BCUT2D eigenvalue weighted by Gasteiger charge is 2.18. The molecule has 1 rings (SSSR count). The number of hydrogen-bond acceptors (Lipinski definition) is 3. The van der Waals surface area contributed by atoms with Gasteiger partial charge >= 0.3 is 0 Å². The molecule has 0 bridgehead atoms. The van der Waals surface area contributed by atoms with E-state index in [9.17, 15) is 13.2 Å². The number of halogens is 1. The maximum atomic E-state index is 12.2. The molecule has 0 unspecified atom stereocenters. The Bertz CT molecular complexity index is 622. The summed E-state index contributed by atoms with van der Waals surface area (Å²) in [6.45, 7) is 7.42. The van der Waals surface area contributed by atoms with Gasteiger partial charge in [-0.25, -0.2) is 13.1 Å². The molecule has 0 saturated heterocycles. The first-order valence-corrected chi connectivity index (χ1v) is 8.86. The van der Waals surface area contributed by atoms with Crippen molar-refractivity contribution in [1.29, 1.82) is 0 Å². The number of benzene rings is 1. The van der Waals surface area contributed by atoms with Crippen LogP contribution in [0.15, 0.2) is 27.6 Å². The number of amides is 1. The number of rotatable bonds is 5. The van der Waals surface area contributed by atoms with E-state index in [1.165, 1.54) is 0 Å². The molecule has 1 aromatic rings. The van der Waals surface area contributed by atoms with Crippen LogP contribution in [0, 0.1) is 6.92 Å². The van der Waals surface area contributed by atoms with Crippen molar-refractivity contribution in [2.45, 2.75) is 44.6 Å². The molecule has 1 amide bonds. The van der Waals surface area contributed by atoms with Gasteiger partial charge in [-0.05, 0) is 45.4 Å². The maximum Gasteiger partial charge on any atom is 0.240 e. The maximum absolute atomic E-state index is 12.2. The molecule has 0 aliphatic carbocycles. The quantitative estimate of drug-likeness (QED) is 0.827. The van der Waals surface area contributed by atoms with E-state index in [1.807, 2.05) is 20.8 Å². The van der Waals surface area contributed by atoms with Gasteiger partial charge in [0.2, 0.25) is 15.9 Å². The van der Waals surface area contributed by atoms with Crippen molar-refractivity contribution >= 4 is 31.9 Å². The smallest absolute Gasteiger partial charge is 0.240 e. The molecular formula is C14H21BrN2O3S. The van der Waals surface area contributed by atoms with Crippen LogP contribution in [-0.4, -0.2) is 26.4 Å². The monoisotopic (exact) mass is 376 g/mol. The van der Waals surface area contributed by atoms with Crippen molar-refractivity contribution in [3.63, 3.8) is 0 Å². The predicted octanol–water partition coefficient (Wildman–Crippen LogP) is 2.34. The van der Waals surface area contributed by atoms with Crippen molar-refractivity contribution < 1.29 is 13.2 Å². The summed E-state index contributed by atoms with van der Waals surface area (Å²) in [5.74, 6) is -0.184. The van der Waals surface area contributed by atoms with Gasteiger partial charge in [0.1, 0.15) is 0 Å². The fourth-order valence-electron chi connectivity index (χ4n) is 1.72. The van der Waals surface area contributed by atoms with Crippen molar-refractivity contribution in [3.05, 3.63) is 28.2 Å². The van der Waals surface area contributed by atoms with Crippen LogP contribution in [0.5, 0.6) is 0 Å². The number of hydrogen-bond donors (Lipinski definition) is 2. The van der Waals surface area contributed by atoms with E-state index in [4.69, 9.17) is 0 Å². The van der Waals surface area contributed by atoms with Crippen molar-refractivity contribution in [1.82, 2.24) is 10.0 Å². The average molecular weight is 377 g/mol. The lowest BCUT2D eigenvalue weighted by atomic mass is 10.1. The molecule has 0 spiro atoms. The van der Waals surface area contributed by atoms with Gasteiger partial charge in [0.15, 0.2) is 0 Å². The second-order valence-corrected chi connectivity index (χ2v) is 8.51. The van der Waals surface area contributed by atoms with Crippen LogP contribution in [0.3, 0.4) is 0 Å².